The molecule has 0 saturated carbocycles. The molecule has 6 heteroatoms. The van der Waals surface area contributed by atoms with Crippen molar-refractivity contribution in [3.8, 4) is 0 Å². The highest BCUT2D eigenvalue weighted by molar-refractivity contribution is 5.71. The number of allylic oxidation sites excluding steroid dienone is 12. The lowest BCUT2D eigenvalue weighted by Crippen LogP contribution is -2.30. The third-order valence-electron chi connectivity index (χ3n) is 13.9. The van der Waals surface area contributed by atoms with Gasteiger partial charge in [-0.1, -0.05) is 293 Å². The van der Waals surface area contributed by atoms with E-state index in [-0.39, 0.29) is 37.5 Å². The Balaban J connectivity index is 4.30. The summed E-state index contributed by atoms with van der Waals surface area (Å²) in [5, 5.41) is 0. The van der Waals surface area contributed by atoms with Gasteiger partial charge in [0, 0.05) is 19.3 Å². The van der Waals surface area contributed by atoms with Crippen LogP contribution in [0.15, 0.2) is 72.9 Å². The summed E-state index contributed by atoms with van der Waals surface area (Å²) in [5.74, 6) is -0.953. The van der Waals surface area contributed by atoms with Crippen molar-refractivity contribution in [1.82, 2.24) is 0 Å². The maximum absolute atomic E-state index is 12.9. The van der Waals surface area contributed by atoms with Crippen LogP contribution < -0.4 is 0 Å². The average Bonchev–Trinajstić information content (AvgIpc) is 3.40. The lowest BCUT2D eigenvalue weighted by molar-refractivity contribution is -0.167. The fourth-order valence-corrected chi connectivity index (χ4v) is 9.18. The van der Waals surface area contributed by atoms with Crippen LogP contribution in [0.1, 0.15) is 323 Å². The summed E-state index contributed by atoms with van der Waals surface area (Å²) in [5.41, 5.74) is 0. The van der Waals surface area contributed by atoms with Gasteiger partial charge in [0.15, 0.2) is 6.10 Å². The van der Waals surface area contributed by atoms with Crippen molar-refractivity contribution < 1.29 is 28.6 Å². The molecule has 0 aromatic heterocycles. The molecule has 0 spiro atoms. The van der Waals surface area contributed by atoms with E-state index in [4.69, 9.17) is 14.2 Å². The Bertz CT molecular complexity index is 1370. The van der Waals surface area contributed by atoms with Gasteiger partial charge < -0.3 is 14.2 Å². The smallest absolute Gasteiger partial charge is 0.306 e. The molecule has 0 saturated heterocycles. The fraction of sp³-hybridized carbons (Fsp3) is 0.779. The molecular formula is C68H120O6. The molecule has 0 aliphatic carbocycles. The van der Waals surface area contributed by atoms with Crippen molar-refractivity contribution in [2.24, 2.45) is 0 Å². The van der Waals surface area contributed by atoms with Crippen molar-refractivity contribution in [3.05, 3.63) is 72.9 Å². The van der Waals surface area contributed by atoms with Gasteiger partial charge >= 0.3 is 17.9 Å². The van der Waals surface area contributed by atoms with E-state index in [2.05, 4.69) is 93.7 Å². The minimum Gasteiger partial charge on any atom is -0.462 e. The second-order valence-corrected chi connectivity index (χ2v) is 21.3. The van der Waals surface area contributed by atoms with E-state index in [1.54, 1.807) is 0 Å². The Morgan fingerprint density at radius 2 is 0.541 bits per heavy atom. The molecule has 0 aromatic rings. The normalized spacial score (nSPS) is 12.5. The number of carbonyl (C=O) groups is 3. The number of hydrogen-bond donors (Lipinski definition) is 0. The molecule has 0 fully saturated rings. The van der Waals surface area contributed by atoms with Crippen molar-refractivity contribution in [3.63, 3.8) is 0 Å². The first-order valence-corrected chi connectivity index (χ1v) is 31.9. The fourth-order valence-electron chi connectivity index (χ4n) is 9.18. The highest BCUT2D eigenvalue weighted by Crippen LogP contribution is 2.17. The monoisotopic (exact) mass is 1030 g/mol. The van der Waals surface area contributed by atoms with Crippen molar-refractivity contribution in [2.75, 3.05) is 13.2 Å². The maximum Gasteiger partial charge on any atom is 0.306 e. The van der Waals surface area contributed by atoms with E-state index in [9.17, 15) is 14.4 Å². The van der Waals surface area contributed by atoms with Gasteiger partial charge in [0.1, 0.15) is 13.2 Å². The third kappa shape index (κ3) is 59.7. The van der Waals surface area contributed by atoms with Gasteiger partial charge in [0.2, 0.25) is 0 Å². The molecule has 1 unspecified atom stereocenters. The predicted molar refractivity (Wildman–Crippen MR) is 321 cm³/mol. The summed E-state index contributed by atoms with van der Waals surface area (Å²) in [4.78, 5) is 38.2. The standard InChI is InChI=1S/C68H120O6/c1-4-7-10-13-16-19-22-25-27-29-30-31-32-33-34-35-36-37-39-40-43-46-49-52-55-58-61-67(70)73-64-65(63-72-66(69)60-57-54-51-48-45-42-24-21-18-15-12-9-6-3)74-68(71)62-59-56-53-50-47-44-41-38-28-26-23-20-17-14-11-8-5-2/h8,11,17,20-21,24,26,28,41,44,50,53,65H,4-7,9-10,12-16,18-19,22-23,25,27,29-40,42-43,45-49,51-52,54-64H2,1-3H3/b11-8-,20-17-,24-21-,28-26-,44-41-,53-50-. The molecule has 0 aliphatic heterocycles. The van der Waals surface area contributed by atoms with Gasteiger partial charge in [-0.05, 0) is 83.5 Å². The molecule has 0 aliphatic rings. The summed E-state index contributed by atoms with van der Waals surface area (Å²) in [7, 11) is 0. The first kappa shape index (κ1) is 70.8. The van der Waals surface area contributed by atoms with Gasteiger partial charge in [0.25, 0.3) is 0 Å². The highest BCUT2D eigenvalue weighted by Gasteiger charge is 2.19. The summed E-state index contributed by atoms with van der Waals surface area (Å²) in [6.45, 7) is 6.50. The molecule has 1 atom stereocenters. The molecule has 0 N–H and O–H groups in total. The van der Waals surface area contributed by atoms with E-state index in [1.165, 1.54) is 193 Å². The van der Waals surface area contributed by atoms with Crippen LogP contribution in [0.2, 0.25) is 0 Å². The molecule has 0 heterocycles. The molecule has 0 aromatic carbocycles. The van der Waals surface area contributed by atoms with Crippen LogP contribution in [0.25, 0.3) is 0 Å². The SMILES string of the molecule is CC/C=C\C/C=C\C/C=C\C/C=C\C/C=C\CCCC(=O)OC(COC(=O)CCCCCCC/C=C\CCCCCC)COC(=O)CCCCCCCCCCCCCCCCCCCCCCCCCCCC. The van der Waals surface area contributed by atoms with E-state index < -0.39 is 6.10 Å². The number of unbranched alkanes of at least 4 members (excludes halogenated alkanes) is 35. The highest BCUT2D eigenvalue weighted by atomic mass is 16.6. The van der Waals surface area contributed by atoms with Crippen LogP contribution in [0.3, 0.4) is 0 Å². The number of rotatable bonds is 58. The largest absolute Gasteiger partial charge is 0.462 e. The van der Waals surface area contributed by atoms with E-state index in [0.29, 0.717) is 19.3 Å². The molecular weight excluding hydrogens is 913 g/mol. The Labute approximate surface area is 459 Å². The lowest BCUT2D eigenvalue weighted by Gasteiger charge is -2.18. The molecule has 0 amide bonds. The van der Waals surface area contributed by atoms with Gasteiger partial charge in [-0.3, -0.25) is 14.4 Å². The zero-order chi connectivity index (χ0) is 53.6. The van der Waals surface area contributed by atoms with Gasteiger partial charge in [0.05, 0.1) is 0 Å². The topological polar surface area (TPSA) is 78.9 Å². The Morgan fingerprint density at radius 1 is 0.284 bits per heavy atom. The molecule has 428 valence electrons. The van der Waals surface area contributed by atoms with Crippen LogP contribution in [-0.4, -0.2) is 37.2 Å². The van der Waals surface area contributed by atoms with Crippen molar-refractivity contribution in [1.29, 1.82) is 0 Å². The van der Waals surface area contributed by atoms with E-state index in [1.807, 2.05) is 0 Å². The number of hydrogen-bond acceptors (Lipinski definition) is 6. The summed E-state index contributed by atoms with van der Waals surface area (Å²) >= 11 is 0. The average molecular weight is 1030 g/mol. The summed E-state index contributed by atoms with van der Waals surface area (Å²) in [6.07, 6.45) is 80.7. The van der Waals surface area contributed by atoms with Crippen LogP contribution in [0.5, 0.6) is 0 Å². The molecule has 0 radical (unpaired) electrons. The minimum absolute atomic E-state index is 0.0979. The van der Waals surface area contributed by atoms with Gasteiger partial charge in [-0.2, -0.15) is 0 Å². The zero-order valence-corrected chi connectivity index (χ0v) is 49.1. The summed E-state index contributed by atoms with van der Waals surface area (Å²) < 4.78 is 16.8. The predicted octanol–water partition coefficient (Wildman–Crippen LogP) is 21.7. The number of esters is 3. The van der Waals surface area contributed by atoms with E-state index in [0.717, 1.165) is 83.5 Å². The molecule has 0 rings (SSSR count). The van der Waals surface area contributed by atoms with Gasteiger partial charge in [-0.25, -0.2) is 0 Å². The molecule has 0 bridgehead atoms. The van der Waals surface area contributed by atoms with Gasteiger partial charge in [-0.15, -0.1) is 0 Å². The minimum atomic E-state index is -0.808. The number of ether oxygens (including phenoxy) is 3. The first-order chi connectivity index (χ1) is 36.5. The Kier molecular flexibility index (Phi) is 59.7. The lowest BCUT2D eigenvalue weighted by atomic mass is 10.0. The maximum atomic E-state index is 12.9. The zero-order valence-electron chi connectivity index (χ0n) is 49.1. The third-order valence-corrected chi connectivity index (χ3v) is 13.9. The first-order valence-electron chi connectivity index (χ1n) is 31.9. The quantitative estimate of drug-likeness (QED) is 0.0261. The summed E-state index contributed by atoms with van der Waals surface area (Å²) in [6, 6.07) is 0. The van der Waals surface area contributed by atoms with Crippen LogP contribution >= 0.6 is 0 Å². The second kappa shape index (κ2) is 62.4. The van der Waals surface area contributed by atoms with Crippen LogP contribution in [-0.2, 0) is 28.6 Å². The second-order valence-electron chi connectivity index (χ2n) is 21.3. The van der Waals surface area contributed by atoms with E-state index >= 15 is 0 Å². The molecule has 6 nitrogen and oxygen atoms in total. The Morgan fingerprint density at radius 3 is 0.892 bits per heavy atom. The molecule has 74 heavy (non-hydrogen) atoms. The van der Waals surface area contributed by atoms with Crippen molar-refractivity contribution >= 4 is 17.9 Å². The van der Waals surface area contributed by atoms with Crippen molar-refractivity contribution in [2.45, 2.75) is 329 Å². The Hall–Kier alpha value is -3.15. The number of carbonyl (C=O) groups excluding carboxylic acids is 3. The van der Waals surface area contributed by atoms with Crippen LogP contribution in [0, 0.1) is 0 Å². The van der Waals surface area contributed by atoms with Crippen LogP contribution in [0.4, 0.5) is 0 Å².